The van der Waals surface area contributed by atoms with Gasteiger partial charge in [-0.05, 0) is 31.9 Å². The lowest BCUT2D eigenvalue weighted by molar-refractivity contribution is -0.155. The molecule has 0 unspecified atom stereocenters. The van der Waals surface area contributed by atoms with Crippen LogP contribution in [0.5, 0.6) is 0 Å². The molecule has 1 aromatic rings. The Morgan fingerprint density at radius 2 is 1.56 bits per heavy atom. The number of rotatable bonds is 6. The molecule has 1 fully saturated rings. The summed E-state index contributed by atoms with van der Waals surface area (Å²) in [5.41, 5.74) is 2.45. The zero-order valence-electron chi connectivity index (χ0n) is 16.1. The van der Waals surface area contributed by atoms with Gasteiger partial charge in [0.25, 0.3) is 5.91 Å². The largest absolute Gasteiger partial charge is 0.454 e. The van der Waals surface area contributed by atoms with E-state index in [1.54, 1.807) is 13.8 Å². The summed E-state index contributed by atoms with van der Waals surface area (Å²) in [6.07, 6.45) is 0. The number of methoxy groups -OCH3 is 1. The number of aryl methyl sites for hydroxylation is 3. The minimum Gasteiger partial charge on any atom is -0.454 e. The molecule has 0 atom stereocenters. The van der Waals surface area contributed by atoms with Crippen LogP contribution >= 0.6 is 0 Å². The molecule has 9 heteroatoms. The van der Waals surface area contributed by atoms with E-state index in [0.717, 1.165) is 16.7 Å². The van der Waals surface area contributed by atoms with Crippen LogP contribution in [0.2, 0.25) is 0 Å². The first-order valence-corrected chi connectivity index (χ1v) is 10.1. The Morgan fingerprint density at radius 1 is 1.00 bits per heavy atom. The van der Waals surface area contributed by atoms with Crippen molar-refractivity contribution < 1.29 is 27.5 Å². The standard InChI is InChI=1S/C18H26N2O6S/c1-13-9-14(2)18(15(3)10-13)27(23,24)20-7-5-19(6-8-20)16(21)11-26-17(22)12-25-4/h9-10H,5-8,11-12H2,1-4H3. The highest BCUT2D eigenvalue weighted by molar-refractivity contribution is 7.89. The van der Waals surface area contributed by atoms with Crippen molar-refractivity contribution in [3.05, 3.63) is 28.8 Å². The maximum Gasteiger partial charge on any atom is 0.332 e. The lowest BCUT2D eigenvalue weighted by Crippen LogP contribution is -2.51. The SMILES string of the molecule is COCC(=O)OCC(=O)N1CCN(S(=O)(=O)c2c(C)cc(C)cc2C)CC1. The molecule has 150 valence electrons. The van der Waals surface area contributed by atoms with Crippen molar-refractivity contribution in [2.75, 3.05) is 46.5 Å². The van der Waals surface area contributed by atoms with Crippen molar-refractivity contribution in [3.8, 4) is 0 Å². The van der Waals surface area contributed by atoms with Gasteiger partial charge in [0.05, 0.1) is 4.90 Å². The van der Waals surface area contributed by atoms with Crippen molar-refractivity contribution in [2.45, 2.75) is 25.7 Å². The maximum atomic E-state index is 13.0. The number of carbonyl (C=O) groups is 2. The van der Waals surface area contributed by atoms with Gasteiger partial charge in [0.15, 0.2) is 6.61 Å². The number of sulfonamides is 1. The van der Waals surface area contributed by atoms with Gasteiger partial charge in [-0.2, -0.15) is 4.31 Å². The molecule has 1 heterocycles. The summed E-state index contributed by atoms with van der Waals surface area (Å²) in [6.45, 7) is 5.84. The van der Waals surface area contributed by atoms with Crippen LogP contribution in [0.3, 0.4) is 0 Å². The van der Waals surface area contributed by atoms with Gasteiger partial charge in [0.1, 0.15) is 6.61 Å². The van der Waals surface area contributed by atoms with E-state index in [-0.39, 0.29) is 45.3 Å². The van der Waals surface area contributed by atoms with Crippen LogP contribution in [-0.4, -0.2) is 76.0 Å². The molecule has 0 saturated carbocycles. The quantitative estimate of drug-likeness (QED) is 0.653. The second kappa shape index (κ2) is 8.81. The topological polar surface area (TPSA) is 93.2 Å². The number of hydrogen-bond acceptors (Lipinski definition) is 6. The first kappa shape index (κ1) is 21.3. The van der Waals surface area contributed by atoms with Crippen molar-refractivity contribution in [2.24, 2.45) is 0 Å². The average molecular weight is 398 g/mol. The van der Waals surface area contributed by atoms with E-state index in [1.165, 1.54) is 16.3 Å². The predicted molar refractivity (Wildman–Crippen MR) is 98.8 cm³/mol. The number of amides is 1. The highest BCUT2D eigenvalue weighted by Crippen LogP contribution is 2.26. The van der Waals surface area contributed by atoms with Gasteiger partial charge in [0.2, 0.25) is 10.0 Å². The molecule has 0 aromatic heterocycles. The molecule has 0 spiro atoms. The molecule has 0 aliphatic carbocycles. The first-order chi connectivity index (χ1) is 12.7. The van der Waals surface area contributed by atoms with Crippen LogP contribution in [0.25, 0.3) is 0 Å². The maximum absolute atomic E-state index is 13.0. The Labute approximate surface area is 160 Å². The number of ether oxygens (including phenoxy) is 2. The number of esters is 1. The molecule has 1 aromatic carbocycles. The van der Waals surface area contributed by atoms with Crippen LogP contribution in [-0.2, 0) is 29.1 Å². The van der Waals surface area contributed by atoms with Gasteiger partial charge in [-0.25, -0.2) is 13.2 Å². The molecule has 2 rings (SSSR count). The fourth-order valence-corrected chi connectivity index (χ4v) is 5.11. The zero-order valence-corrected chi connectivity index (χ0v) is 17.0. The predicted octanol–water partition coefficient (Wildman–Crippen LogP) is 0.634. The smallest absolute Gasteiger partial charge is 0.332 e. The lowest BCUT2D eigenvalue weighted by Gasteiger charge is -2.34. The molecule has 0 bridgehead atoms. The van der Waals surface area contributed by atoms with Gasteiger partial charge >= 0.3 is 5.97 Å². The van der Waals surface area contributed by atoms with E-state index in [2.05, 4.69) is 4.74 Å². The fraction of sp³-hybridized carbons (Fsp3) is 0.556. The Hall–Kier alpha value is -1.97. The molecule has 1 aliphatic heterocycles. The van der Waals surface area contributed by atoms with Gasteiger partial charge in [-0.3, -0.25) is 4.79 Å². The molecule has 1 aliphatic rings. The summed E-state index contributed by atoms with van der Waals surface area (Å²) in [5, 5.41) is 0. The van der Waals surface area contributed by atoms with Crippen LogP contribution in [0.15, 0.2) is 17.0 Å². The number of carbonyl (C=O) groups excluding carboxylic acids is 2. The second-order valence-corrected chi connectivity index (χ2v) is 8.48. The van der Waals surface area contributed by atoms with Crippen molar-refractivity contribution in [1.82, 2.24) is 9.21 Å². The minimum atomic E-state index is -3.63. The first-order valence-electron chi connectivity index (χ1n) is 8.67. The van der Waals surface area contributed by atoms with Gasteiger partial charge in [0, 0.05) is 33.3 Å². The lowest BCUT2D eigenvalue weighted by atomic mass is 10.1. The molecule has 0 radical (unpaired) electrons. The molecule has 1 saturated heterocycles. The highest BCUT2D eigenvalue weighted by Gasteiger charge is 2.32. The van der Waals surface area contributed by atoms with E-state index in [9.17, 15) is 18.0 Å². The Bertz CT molecular complexity index is 790. The Morgan fingerprint density at radius 3 is 2.07 bits per heavy atom. The van der Waals surface area contributed by atoms with Crippen molar-refractivity contribution in [1.29, 1.82) is 0 Å². The van der Waals surface area contributed by atoms with Gasteiger partial charge < -0.3 is 14.4 Å². The summed E-state index contributed by atoms with van der Waals surface area (Å²) in [6, 6.07) is 3.71. The molecule has 1 amide bonds. The molecular formula is C18H26N2O6S. The van der Waals surface area contributed by atoms with Crippen LogP contribution < -0.4 is 0 Å². The van der Waals surface area contributed by atoms with Crippen LogP contribution in [0.4, 0.5) is 0 Å². The van der Waals surface area contributed by atoms with Crippen LogP contribution in [0, 0.1) is 20.8 Å². The monoisotopic (exact) mass is 398 g/mol. The highest BCUT2D eigenvalue weighted by atomic mass is 32.2. The van der Waals surface area contributed by atoms with E-state index in [1.807, 2.05) is 19.1 Å². The third-order valence-corrected chi connectivity index (χ3v) is 6.62. The Balaban J connectivity index is 2.01. The third-order valence-electron chi connectivity index (χ3n) is 4.41. The van der Waals surface area contributed by atoms with Gasteiger partial charge in [-0.15, -0.1) is 0 Å². The summed E-state index contributed by atoms with van der Waals surface area (Å²) < 4.78 is 36.9. The fourth-order valence-electron chi connectivity index (χ4n) is 3.27. The third kappa shape index (κ3) is 5.06. The van der Waals surface area contributed by atoms with Gasteiger partial charge in [-0.1, -0.05) is 17.7 Å². The van der Waals surface area contributed by atoms with Crippen LogP contribution in [0.1, 0.15) is 16.7 Å². The van der Waals surface area contributed by atoms with Crippen molar-refractivity contribution in [3.63, 3.8) is 0 Å². The molecule has 0 N–H and O–H groups in total. The van der Waals surface area contributed by atoms with E-state index in [4.69, 9.17) is 4.74 Å². The second-order valence-electron chi connectivity index (χ2n) is 6.61. The number of piperazine rings is 1. The number of hydrogen-bond donors (Lipinski definition) is 0. The molecular weight excluding hydrogens is 372 g/mol. The summed E-state index contributed by atoms with van der Waals surface area (Å²) in [5.74, 6) is -0.961. The molecule has 27 heavy (non-hydrogen) atoms. The van der Waals surface area contributed by atoms with E-state index >= 15 is 0 Å². The summed E-state index contributed by atoms with van der Waals surface area (Å²) >= 11 is 0. The average Bonchev–Trinajstić information content (AvgIpc) is 2.59. The van der Waals surface area contributed by atoms with E-state index < -0.39 is 16.0 Å². The molecule has 8 nitrogen and oxygen atoms in total. The minimum absolute atomic E-state index is 0.201. The summed E-state index contributed by atoms with van der Waals surface area (Å²) in [4.78, 5) is 25.2. The number of nitrogens with zero attached hydrogens (tertiary/aromatic N) is 2. The van der Waals surface area contributed by atoms with Crippen molar-refractivity contribution >= 4 is 21.9 Å². The number of benzene rings is 1. The normalized spacial score (nSPS) is 15.6. The zero-order chi connectivity index (χ0) is 20.2. The Kier molecular flexibility index (Phi) is 6.96. The van der Waals surface area contributed by atoms with E-state index in [0.29, 0.717) is 4.90 Å². The summed E-state index contributed by atoms with van der Waals surface area (Å²) in [7, 11) is -2.27.